The lowest BCUT2D eigenvalue weighted by Crippen LogP contribution is -2.39. The van der Waals surface area contributed by atoms with Gasteiger partial charge in [0, 0.05) is 36.9 Å². The molecule has 1 aromatic carbocycles. The van der Waals surface area contributed by atoms with Gasteiger partial charge in [0.1, 0.15) is 0 Å². The van der Waals surface area contributed by atoms with Crippen LogP contribution in [-0.4, -0.2) is 22.6 Å². The molecule has 0 bridgehead atoms. The van der Waals surface area contributed by atoms with E-state index in [0.29, 0.717) is 0 Å². The van der Waals surface area contributed by atoms with Crippen LogP contribution in [0.1, 0.15) is 67.3 Å². The van der Waals surface area contributed by atoms with Crippen molar-refractivity contribution in [3.05, 3.63) is 58.9 Å². The first-order valence-electron chi connectivity index (χ1n) is 12.4. The minimum absolute atomic E-state index is 0. The van der Waals surface area contributed by atoms with E-state index in [9.17, 15) is 0 Å². The molecule has 32 heavy (non-hydrogen) atoms. The highest BCUT2D eigenvalue weighted by Crippen LogP contribution is 2.38. The lowest BCUT2D eigenvalue weighted by atomic mass is 9.76. The number of aryl methyl sites for hydroxylation is 2. The van der Waals surface area contributed by atoms with Crippen LogP contribution in [0, 0.1) is 32.6 Å². The molecule has 0 spiro atoms. The van der Waals surface area contributed by atoms with Gasteiger partial charge in [-0.25, -0.2) is 4.98 Å². The van der Waals surface area contributed by atoms with Crippen molar-refractivity contribution >= 4 is 29.1 Å². The molecule has 0 amide bonds. The molecule has 1 atom stereocenters. The number of hydrogen-bond acceptors (Lipinski definition) is 2. The molecule has 1 aliphatic carbocycles. The molecule has 0 N–H and O–H groups in total. The van der Waals surface area contributed by atoms with E-state index in [1.165, 1.54) is 90.6 Å². The third-order valence-electron chi connectivity index (χ3n) is 8.06. The van der Waals surface area contributed by atoms with E-state index in [-0.39, 0.29) is 12.4 Å². The second-order valence-electron chi connectivity index (χ2n) is 10.1. The lowest BCUT2D eigenvalue weighted by Gasteiger charge is -2.39. The number of benzene rings is 1. The summed E-state index contributed by atoms with van der Waals surface area (Å²) in [6.07, 6.45) is 11.9. The van der Waals surface area contributed by atoms with Gasteiger partial charge in [0.2, 0.25) is 0 Å². The third kappa shape index (κ3) is 4.41. The van der Waals surface area contributed by atoms with E-state index in [1.54, 1.807) is 0 Å². The van der Waals surface area contributed by atoms with E-state index < -0.39 is 0 Å². The molecule has 1 saturated carbocycles. The normalized spacial score (nSPS) is 19.8. The van der Waals surface area contributed by atoms with Gasteiger partial charge in [-0.1, -0.05) is 61.9 Å². The Balaban J connectivity index is 0.00000245. The van der Waals surface area contributed by atoms with Gasteiger partial charge in [0.05, 0.1) is 5.52 Å². The number of piperidine rings is 1. The summed E-state index contributed by atoms with van der Waals surface area (Å²) in [6.45, 7) is 9.94. The number of rotatable bonds is 4. The van der Waals surface area contributed by atoms with E-state index in [0.717, 1.165) is 24.9 Å². The molecular weight excluding hydrogens is 414 g/mol. The molecule has 2 aromatic heterocycles. The molecule has 0 radical (unpaired) electrons. The Morgan fingerprint density at radius 1 is 0.875 bits per heavy atom. The first kappa shape index (κ1) is 23.2. The predicted molar refractivity (Wildman–Crippen MR) is 138 cm³/mol. The molecule has 3 nitrogen and oxygen atoms in total. The fourth-order valence-electron chi connectivity index (χ4n) is 6.07. The molecule has 2 aliphatic rings. The van der Waals surface area contributed by atoms with Gasteiger partial charge in [-0.15, -0.1) is 12.4 Å². The Bertz CT molecular complexity index is 1050. The van der Waals surface area contributed by atoms with Crippen LogP contribution < -0.4 is 4.90 Å². The number of anilines is 1. The van der Waals surface area contributed by atoms with Crippen LogP contribution in [0.5, 0.6) is 0 Å². The second-order valence-corrected chi connectivity index (χ2v) is 10.1. The van der Waals surface area contributed by atoms with E-state index in [1.807, 2.05) is 6.20 Å². The Morgan fingerprint density at radius 3 is 2.34 bits per heavy atom. The van der Waals surface area contributed by atoms with Gasteiger partial charge in [-0.05, 0) is 62.6 Å². The average molecular weight is 452 g/mol. The van der Waals surface area contributed by atoms with E-state index in [4.69, 9.17) is 4.98 Å². The van der Waals surface area contributed by atoms with Crippen molar-refractivity contribution in [3.63, 3.8) is 0 Å². The van der Waals surface area contributed by atoms with Gasteiger partial charge in [-0.2, -0.15) is 0 Å². The zero-order chi connectivity index (χ0) is 21.4. The van der Waals surface area contributed by atoms with E-state index in [2.05, 4.69) is 60.6 Å². The minimum Gasteiger partial charge on any atom is -0.355 e. The topological polar surface area (TPSA) is 21.1 Å². The zero-order valence-electron chi connectivity index (χ0n) is 19.9. The number of nitrogens with zero attached hydrogens (tertiary/aromatic N) is 3. The molecular formula is C28H38ClN3. The molecule has 1 unspecified atom stereocenters. The average Bonchev–Trinajstić information content (AvgIpc) is 3.06. The third-order valence-corrected chi connectivity index (χ3v) is 8.06. The molecule has 1 saturated heterocycles. The van der Waals surface area contributed by atoms with Crippen LogP contribution in [0.4, 0.5) is 5.82 Å². The van der Waals surface area contributed by atoms with Crippen molar-refractivity contribution in [1.29, 1.82) is 0 Å². The van der Waals surface area contributed by atoms with Crippen molar-refractivity contribution in [2.45, 2.75) is 72.3 Å². The van der Waals surface area contributed by atoms with Crippen LogP contribution in [0.25, 0.3) is 10.9 Å². The number of hydrogen-bond donors (Lipinski definition) is 0. The Kier molecular flexibility index (Phi) is 7.14. The van der Waals surface area contributed by atoms with Crippen molar-refractivity contribution in [2.75, 3.05) is 18.0 Å². The van der Waals surface area contributed by atoms with E-state index >= 15 is 0 Å². The van der Waals surface area contributed by atoms with Crippen molar-refractivity contribution in [3.8, 4) is 0 Å². The van der Waals surface area contributed by atoms with Crippen LogP contribution >= 0.6 is 12.4 Å². The molecule has 4 heteroatoms. The van der Waals surface area contributed by atoms with Gasteiger partial charge in [-0.3, -0.25) is 0 Å². The molecule has 1 aliphatic heterocycles. The molecule has 3 heterocycles. The zero-order valence-corrected chi connectivity index (χ0v) is 20.8. The Morgan fingerprint density at radius 2 is 1.59 bits per heavy atom. The maximum absolute atomic E-state index is 4.99. The smallest absolute Gasteiger partial charge is 0.153 e. The Labute approximate surface area is 199 Å². The van der Waals surface area contributed by atoms with Crippen LogP contribution in [0.3, 0.4) is 0 Å². The summed E-state index contributed by atoms with van der Waals surface area (Å²) in [7, 11) is 0. The SMILES string of the molecule is Cc1ccc(Cn2c(C)c(C)c3ccnc(N4CCCC(C5CCCCC5)C4)c32)cc1.Cl. The number of pyridine rings is 1. The second kappa shape index (κ2) is 9.87. The maximum Gasteiger partial charge on any atom is 0.153 e. The number of aromatic nitrogens is 2. The fraction of sp³-hybridized carbons (Fsp3) is 0.536. The molecule has 172 valence electrons. The summed E-state index contributed by atoms with van der Waals surface area (Å²) >= 11 is 0. The largest absolute Gasteiger partial charge is 0.355 e. The van der Waals surface area contributed by atoms with Gasteiger partial charge < -0.3 is 9.47 Å². The Hall–Kier alpha value is -2.00. The number of halogens is 1. The summed E-state index contributed by atoms with van der Waals surface area (Å²) in [5.74, 6) is 2.98. The molecule has 3 aromatic rings. The number of fused-ring (bicyclic) bond motifs is 1. The standard InChI is InChI=1S/C28H37N3.ClH/c1-20-11-13-23(14-12-20)18-31-22(3)21(2)26-15-16-29-28(27(26)31)30-17-7-10-25(19-30)24-8-5-4-6-9-24;/h11-16,24-25H,4-10,17-19H2,1-3H3;1H. The summed E-state index contributed by atoms with van der Waals surface area (Å²) in [5, 5.41) is 1.37. The summed E-state index contributed by atoms with van der Waals surface area (Å²) < 4.78 is 2.52. The predicted octanol–water partition coefficient (Wildman–Crippen LogP) is 7.23. The van der Waals surface area contributed by atoms with Crippen molar-refractivity contribution < 1.29 is 0 Å². The van der Waals surface area contributed by atoms with Crippen LogP contribution in [-0.2, 0) is 6.54 Å². The highest BCUT2D eigenvalue weighted by Gasteiger charge is 2.30. The lowest BCUT2D eigenvalue weighted by molar-refractivity contribution is 0.220. The van der Waals surface area contributed by atoms with Crippen LogP contribution in [0.15, 0.2) is 36.5 Å². The first-order valence-corrected chi connectivity index (χ1v) is 12.4. The molecule has 5 rings (SSSR count). The monoisotopic (exact) mass is 451 g/mol. The first-order chi connectivity index (χ1) is 15.1. The minimum atomic E-state index is 0. The van der Waals surface area contributed by atoms with Crippen molar-refractivity contribution in [2.24, 2.45) is 11.8 Å². The molecule has 2 fully saturated rings. The van der Waals surface area contributed by atoms with Crippen LogP contribution in [0.2, 0.25) is 0 Å². The summed E-state index contributed by atoms with van der Waals surface area (Å²) in [6, 6.07) is 11.2. The summed E-state index contributed by atoms with van der Waals surface area (Å²) in [5.41, 5.74) is 6.78. The van der Waals surface area contributed by atoms with Crippen molar-refractivity contribution in [1.82, 2.24) is 9.55 Å². The maximum atomic E-state index is 4.99. The van der Waals surface area contributed by atoms with Gasteiger partial charge in [0.25, 0.3) is 0 Å². The highest BCUT2D eigenvalue weighted by molar-refractivity contribution is 5.93. The van der Waals surface area contributed by atoms with Gasteiger partial charge in [0.15, 0.2) is 5.82 Å². The highest BCUT2D eigenvalue weighted by atomic mass is 35.5. The summed E-state index contributed by atoms with van der Waals surface area (Å²) in [4.78, 5) is 7.61. The van der Waals surface area contributed by atoms with Gasteiger partial charge >= 0.3 is 0 Å². The fourth-order valence-corrected chi connectivity index (χ4v) is 6.07. The quantitative estimate of drug-likeness (QED) is 0.417.